The molecule has 0 aromatic carbocycles. The zero-order valence-electron chi connectivity index (χ0n) is 8.43. The van der Waals surface area contributed by atoms with Crippen LogP contribution in [0.15, 0.2) is 0 Å². The van der Waals surface area contributed by atoms with E-state index in [-0.39, 0.29) is 0 Å². The first-order chi connectivity index (χ1) is 5.09. The lowest BCUT2D eigenvalue weighted by Crippen LogP contribution is -1.94. The summed E-state index contributed by atoms with van der Waals surface area (Å²) in [7, 11) is 0. The SMILES string of the molecule is CC(C)CC1CC1CC(C)C. The predicted octanol–water partition coefficient (Wildman–Crippen LogP) is 3.71. The van der Waals surface area contributed by atoms with E-state index in [1.165, 1.54) is 19.3 Å². The lowest BCUT2D eigenvalue weighted by atomic mass is 10.0. The van der Waals surface area contributed by atoms with E-state index in [2.05, 4.69) is 27.7 Å². The summed E-state index contributed by atoms with van der Waals surface area (Å²) in [6.45, 7) is 9.35. The molecule has 0 radical (unpaired) electrons. The molecule has 0 heteroatoms. The first kappa shape index (κ1) is 9.09. The smallest absolute Gasteiger partial charge is 0.0380 e. The van der Waals surface area contributed by atoms with Gasteiger partial charge in [0.1, 0.15) is 0 Å². The Balaban J connectivity index is 2.07. The average molecular weight is 154 g/mol. The fourth-order valence-electron chi connectivity index (χ4n) is 2.10. The van der Waals surface area contributed by atoms with E-state index in [0.717, 1.165) is 23.7 Å². The van der Waals surface area contributed by atoms with E-state index in [9.17, 15) is 0 Å². The van der Waals surface area contributed by atoms with Crippen molar-refractivity contribution in [1.82, 2.24) is 0 Å². The molecule has 0 bridgehead atoms. The molecule has 1 saturated carbocycles. The minimum Gasteiger partial charge on any atom is -0.0628 e. The molecule has 0 heterocycles. The average Bonchev–Trinajstić information content (AvgIpc) is 2.43. The summed E-state index contributed by atoms with van der Waals surface area (Å²) in [6, 6.07) is 0. The van der Waals surface area contributed by atoms with Crippen LogP contribution in [0.5, 0.6) is 0 Å². The third kappa shape index (κ3) is 3.27. The van der Waals surface area contributed by atoms with Crippen LogP contribution in [0.3, 0.4) is 0 Å². The van der Waals surface area contributed by atoms with Crippen molar-refractivity contribution < 1.29 is 0 Å². The maximum absolute atomic E-state index is 2.34. The van der Waals surface area contributed by atoms with Crippen LogP contribution in [-0.4, -0.2) is 0 Å². The molecule has 0 amide bonds. The Labute approximate surface area is 71.4 Å². The van der Waals surface area contributed by atoms with Gasteiger partial charge in [-0.05, 0) is 42.9 Å². The van der Waals surface area contributed by atoms with E-state index in [4.69, 9.17) is 0 Å². The monoisotopic (exact) mass is 154 g/mol. The largest absolute Gasteiger partial charge is 0.0628 e. The van der Waals surface area contributed by atoms with Crippen LogP contribution >= 0.6 is 0 Å². The number of rotatable bonds is 4. The van der Waals surface area contributed by atoms with Crippen molar-refractivity contribution in [3.63, 3.8) is 0 Å². The molecule has 66 valence electrons. The Morgan fingerprint density at radius 3 is 1.55 bits per heavy atom. The zero-order valence-corrected chi connectivity index (χ0v) is 8.43. The minimum atomic E-state index is 0.914. The molecule has 2 atom stereocenters. The first-order valence-electron chi connectivity index (χ1n) is 5.09. The van der Waals surface area contributed by atoms with Crippen LogP contribution in [0.2, 0.25) is 0 Å². The second kappa shape index (κ2) is 3.60. The van der Waals surface area contributed by atoms with E-state index >= 15 is 0 Å². The summed E-state index contributed by atoms with van der Waals surface area (Å²) in [4.78, 5) is 0. The van der Waals surface area contributed by atoms with E-state index in [0.29, 0.717) is 0 Å². The molecule has 0 aromatic heterocycles. The van der Waals surface area contributed by atoms with Gasteiger partial charge in [-0.3, -0.25) is 0 Å². The third-order valence-corrected chi connectivity index (χ3v) is 2.62. The molecular weight excluding hydrogens is 132 g/mol. The van der Waals surface area contributed by atoms with Crippen molar-refractivity contribution in [3.8, 4) is 0 Å². The lowest BCUT2D eigenvalue weighted by Gasteiger charge is -2.05. The Bertz CT molecular complexity index is 99.2. The van der Waals surface area contributed by atoms with Gasteiger partial charge in [-0.15, -0.1) is 0 Å². The van der Waals surface area contributed by atoms with Gasteiger partial charge in [-0.1, -0.05) is 27.7 Å². The highest BCUT2D eigenvalue weighted by Gasteiger charge is 2.36. The maximum atomic E-state index is 2.34. The van der Waals surface area contributed by atoms with Gasteiger partial charge in [0.05, 0.1) is 0 Å². The second-order valence-corrected chi connectivity index (χ2v) is 5.01. The molecule has 1 fully saturated rings. The first-order valence-corrected chi connectivity index (χ1v) is 5.09. The fraction of sp³-hybridized carbons (Fsp3) is 1.00. The van der Waals surface area contributed by atoms with E-state index in [1.54, 1.807) is 0 Å². The Morgan fingerprint density at radius 1 is 0.909 bits per heavy atom. The highest BCUT2D eigenvalue weighted by molar-refractivity contribution is 4.87. The fourth-order valence-corrected chi connectivity index (χ4v) is 2.10. The van der Waals surface area contributed by atoms with Gasteiger partial charge in [0.25, 0.3) is 0 Å². The van der Waals surface area contributed by atoms with Crippen LogP contribution in [-0.2, 0) is 0 Å². The van der Waals surface area contributed by atoms with Crippen molar-refractivity contribution in [2.75, 3.05) is 0 Å². The molecule has 1 aliphatic carbocycles. The normalized spacial score (nSPS) is 30.0. The predicted molar refractivity (Wildman–Crippen MR) is 50.5 cm³/mol. The second-order valence-electron chi connectivity index (χ2n) is 5.01. The van der Waals surface area contributed by atoms with Crippen molar-refractivity contribution >= 4 is 0 Å². The molecular formula is C11H22. The Kier molecular flexibility index (Phi) is 2.98. The molecule has 0 N–H and O–H groups in total. The van der Waals surface area contributed by atoms with Gasteiger partial charge < -0.3 is 0 Å². The molecule has 0 nitrogen and oxygen atoms in total. The quantitative estimate of drug-likeness (QED) is 0.579. The zero-order chi connectivity index (χ0) is 8.43. The van der Waals surface area contributed by atoms with Gasteiger partial charge >= 0.3 is 0 Å². The van der Waals surface area contributed by atoms with Crippen LogP contribution < -0.4 is 0 Å². The molecule has 0 aliphatic heterocycles. The summed E-state index contributed by atoms with van der Waals surface area (Å²) in [6.07, 6.45) is 4.46. The maximum Gasteiger partial charge on any atom is -0.0380 e. The van der Waals surface area contributed by atoms with Crippen molar-refractivity contribution in [3.05, 3.63) is 0 Å². The summed E-state index contributed by atoms with van der Waals surface area (Å²) in [5.74, 6) is 4.02. The van der Waals surface area contributed by atoms with Gasteiger partial charge in [0.15, 0.2) is 0 Å². The van der Waals surface area contributed by atoms with Gasteiger partial charge in [-0.2, -0.15) is 0 Å². The van der Waals surface area contributed by atoms with Crippen molar-refractivity contribution in [2.45, 2.75) is 47.0 Å². The third-order valence-electron chi connectivity index (χ3n) is 2.62. The molecule has 11 heavy (non-hydrogen) atoms. The topological polar surface area (TPSA) is 0 Å². The standard InChI is InChI=1S/C11H22/c1-8(2)5-10-7-11(10)6-9(3)4/h8-11H,5-7H2,1-4H3. The van der Waals surface area contributed by atoms with Gasteiger partial charge in [0.2, 0.25) is 0 Å². The Hall–Kier alpha value is 0. The van der Waals surface area contributed by atoms with Crippen LogP contribution in [0, 0.1) is 23.7 Å². The summed E-state index contributed by atoms with van der Waals surface area (Å²) in [5, 5.41) is 0. The summed E-state index contributed by atoms with van der Waals surface area (Å²) >= 11 is 0. The van der Waals surface area contributed by atoms with Crippen LogP contribution in [0.25, 0.3) is 0 Å². The van der Waals surface area contributed by atoms with E-state index in [1.807, 2.05) is 0 Å². The lowest BCUT2D eigenvalue weighted by molar-refractivity contribution is 0.464. The highest BCUT2D eigenvalue weighted by Crippen LogP contribution is 2.46. The summed E-state index contributed by atoms with van der Waals surface area (Å²) < 4.78 is 0. The number of hydrogen-bond donors (Lipinski definition) is 0. The van der Waals surface area contributed by atoms with Gasteiger partial charge in [0, 0.05) is 0 Å². The molecule has 1 rings (SSSR count). The number of hydrogen-bond acceptors (Lipinski definition) is 0. The molecule has 2 unspecified atom stereocenters. The Morgan fingerprint density at radius 2 is 1.27 bits per heavy atom. The van der Waals surface area contributed by atoms with Crippen molar-refractivity contribution in [2.24, 2.45) is 23.7 Å². The van der Waals surface area contributed by atoms with Crippen LogP contribution in [0.4, 0.5) is 0 Å². The molecule has 1 aliphatic rings. The van der Waals surface area contributed by atoms with Crippen molar-refractivity contribution in [1.29, 1.82) is 0 Å². The van der Waals surface area contributed by atoms with Crippen LogP contribution in [0.1, 0.15) is 47.0 Å². The van der Waals surface area contributed by atoms with E-state index < -0.39 is 0 Å². The molecule has 0 spiro atoms. The highest BCUT2D eigenvalue weighted by atomic mass is 14.4. The minimum absolute atomic E-state index is 0.914. The summed E-state index contributed by atoms with van der Waals surface area (Å²) in [5.41, 5.74) is 0. The molecule has 0 aromatic rings. The van der Waals surface area contributed by atoms with Gasteiger partial charge in [-0.25, -0.2) is 0 Å². The molecule has 0 saturated heterocycles.